The number of nitrogens with one attached hydrogen (secondary N) is 1. The molecule has 96 valence electrons. The van der Waals surface area contributed by atoms with Gasteiger partial charge in [0.05, 0.1) is 11.2 Å². The molecule has 1 aromatic heterocycles. The first kappa shape index (κ1) is 14.0. The molecule has 0 radical (unpaired) electrons. The molecule has 0 aliphatic carbocycles. The van der Waals surface area contributed by atoms with Gasteiger partial charge in [0.25, 0.3) is 5.56 Å². The molecular weight excluding hydrogens is 238 g/mol. The number of halogens is 1. The molecule has 0 bridgehead atoms. The van der Waals surface area contributed by atoms with Crippen LogP contribution < -0.4 is 10.5 Å². The molecule has 1 aromatic rings. The lowest BCUT2D eigenvalue weighted by Crippen LogP contribution is -2.35. The van der Waals surface area contributed by atoms with Crippen molar-refractivity contribution in [2.45, 2.75) is 27.7 Å². The fourth-order valence-corrected chi connectivity index (χ4v) is 2.06. The third-order valence-electron chi connectivity index (χ3n) is 2.27. The summed E-state index contributed by atoms with van der Waals surface area (Å²) in [5, 5.41) is 6.54. The van der Waals surface area contributed by atoms with Gasteiger partial charge >= 0.3 is 0 Å². The van der Waals surface area contributed by atoms with Crippen molar-refractivity contribution in [3.8, 4) is 0 Å². The summed E-state index contributed by atoms with van der Waals surface area (Å²) in [4.78, 5) is 13.8. The highest BCUT2D eigenvalue weighted by Gasteiger charge is 2.17. The number of rotatable bonds is 5. The van der Waals surface area contributed by atoms with Gasteiger partial charge in [-0.15, -0.1) is 0 Å². The smallest absolute Gasteiger partial charge is 0.289 e. The number of H-pyrrole nitrogens is 1. The summed E-state index contributed by atoms with van der Waals surface area (Å²) < 4.78 is 0. The first-order chi connectivity index (χ1) is 7.91. The summed E-state index contributed by atoms with van der Waals surface area (Å²) in [6, 6.07) is 0. The Morgan fingerprint density at radius 1 is 1.29 bits per heavy atom. The maximum Gasteiger partial charge on any atom is 0.289 e. The highest BCUT2D eigenvalue weighted by atomic mass is 35.5. The van der Waals surface area contributed by atoms with Gasteiger partial charge in [0.15, 0.2) is 0 Å². The molecule has 17 heavy (non-hydrogen) atoms. The van der Waals surface area contributed by atoms with E-state index in [0.29, 0.717) is 22.5 Å². The van der Waals surface area contributed by atoms with Crippen molar-refractivity contribution < 1.29 is 0 Å². The molecule has 0 saturated heterocycles. The number of aromatic nitrogens is 2. The Morgan fingerprint density at radius 2 is 1.82 bits per heavy atom. The molecule has 4 nitrogen and oxygen atoms in total. The summed E-state index contributed by atoms with van der Waals surface area (Å²) in [5.74, 6) is 0.940. The van der Waals surface area contributed by atoms with E-state index in [2.05, 4.69) is 37.9 Å². The van der Waals surface area contributed by atoms with E-state index in [1.807, 2.05) is 4.90 Å². The molecular formula is C12H20ClN3O. The van der Waals surface area contributed by atoms with Crippen LogP contribution in [0.4, 0.5) is 5.69 Å². The Kier molecular flexibility index (Phi) is 5.00. The average molecular weight is 258 g/mol. The Labute approximate surface area is 107 Å². The van der Waals surface area contributed by atoms with Crippen molar-refractivity contribution in [3.05, 3.63) is 21.6 Å². The average Bonchev–Trinajstić information content (AvgIpc) is 2.14. The molecule has 1 N–H and O–H groups in total. The summed E-state index contributed by atoms with van der Waals surface area (Å²) in [6.07, 6.45) is 1.48. The highest BCUT2D eigenvalue weighted by Crippen LogP contribution is 2.21. The monoisotopic (exact) mass is 257 g/mol. The van der Waals surface area contributed by atoms with E-state index in [4.69, 9.17) is 11.6 Å². The number of hydrogen-bond donors (Lipinski definition) is 1. The van der Waals surface area contributed by atoms with Crippen LogP contribution in [0.2, 0.25) is 5.02 Å². The first-order valence-corrected chi connectivity index (χ1v) is 6.27. The van der Waals surface area contributed by atoms with Crippen LogP contribution in [-0.4, -0.2) is 23.3 Å². The van der Waals surface area contributed by atoms with E-state index in [0.717, 1.165) is 13.1 Å². The Hall–Kier alpha value is -1.03. The summed E-state index contributed by atoms with van der Waals surface area (Å²) in [7, 11) is 0. The second kappa shape index (κ2) is 6.05. The minimum atomic E-state index is -0.223. The molecule has 0 spiro atoms. The first-order valence-electron chi connectivity index (χ1n) is 5.90. The van der Waals surface area contributed by atoms with Crippen LogP contribution in [0.15, 0.2) is 11.0 Å². The molecule has 0 aliphatic rings. The lowest BCUT2D eigenvalue weighted by molar-refractivity contribution is 0.550. The molecule has 0 aliphatic heterocycles. The Morgan fingerprint density at radius 3 is 2.24 bits per heavy atom. The molecule has 0 atom stereocenters. The van der Waals surface area contributed by atoms with Crippen LogP contribution in [0.1, 0.15) is 27.7 Å². The normalized spacial score (nSPS) is 11.2. The number of hydrogen-bond acceptors (Lipinski definition) is 3. The zero-order valence-electron chi connectivity index (χ0n) is 10.8. The van der Waals surface area contributed by atoms with Gasteiger partial charge in [-0.1, -0.05) is 39.3 Å². The van der Waals surface area contributed by atoms with Crippen LogP contribution in [0.5, 0.6) is 0 Å². The Bertz CT molecular complexity index is 404. The van der Waals surface area contributed by atoms with Crippen molar-refractivity contribution in [2.75, 3.05) is 18.0 Å². The predicted octanol–water partition coefficient (Wildman–Crippen LogP) is 2.54. The third-order valence-corrected chi connectivity index (χ3v) is 2.55. The van der Waals surface area contributed by atoms with Gasteiger partial charge in [-0.25, -0.2) is 5.10 Å². The van der Waals surface area contributed by atoms with Gasteiger partial charge < -0.3 is 4.90 Å². The van der Waals surface area contributed by atoms with Crippen LogP contribution in [0.25, 0.3) is 0 Å². The second-order valence-corrected chi connectivity index (χ2v) is 5.50. The summed E-state index contributed by atoms with van der Waals surface area (Å²) in [6.45, 7) is 10.1. The molecule has 1 heterocycles. The minimum Gasteiger partial charge on any atom is -0.365 e. The van der Waals surface area contributed by atoms with Gasteiger partial charge in [0.1, 0.15) is 5.69 Å². The molecule has 0 saturated carbocycles. The maximum atomic E-state index is 11.8. The largest absolute Gasteiger partial charge is 0.365 e. The molecule has 0 fully saturated rings. The molecule has 0 amide bonds. The molecule has 1 rings (SSSR count). The van der Waals surface area contributed by atoms with Crippen molar-refractivity contribution in [3.63, 3.8) is 0 Å². The quantitative estimate of drug-likeness (QED) is 0.882. The van der Waals surface area contributed by atoms with Gasteiger partial charge in [-0.3, -0.25) is 4.79 Å². The van der Waals surface area contributed by atoms with Gasteiger partial charge in [0, 0.05) is 13.1 Å². The number of nitrogens with zero attached hydrogens (tertiary/aromatic N) is 2. The van der Waals surface area contributed by atoms with Crippen molar-refractivity contribution in [1.82, 2.24) is 10.2 Å². The lowest BCUT2D eigenvalue weighted by atomic mass is 10.1. The summed E-state index contributed by atoms with van der Waals surface area (Å²) in [5.41, 5.74) is 0.308. The highest BCUT2D eigenvalue weighted by molar-refractivity contribution is 6.33. The second-order valence-electron chi connectivity index (χ2n) is 5.09. The summed E-state index contributed by atoms with van der Waals surface area (Å²) >= 11 is 6.07. The molecule has 5 heteroatoms. The van der Waals surface area contributed by atoms with E-state index < -0.39 is 0 Å². The maximum absolute atomic E-state index is 11.8. The number of anilines is 1. The Balaban J connectivity index is 3.07. The standard InChI is InChI=1S/C12H20ClN3O/c1-8(2)6-16(7-9(3)4)11-10(13)5-14-15-12(11)17/h5,8-9H,6-7H2,1-4H3,(H,15,17). The van der Waals surface area contributed by atoms with Gasteiger partial charge in [-0.05, 0) is 11.8 Å². The molecule has 0 aromatic carbocycles. The zero-order chi connectivity index (χ0) is 13.0. The number of aromatic amines is 1. The fraction of sp³-hybridized carbons (Fsp3) is 0.667. The van der Waals surface area contributed by atoms with Gasteiger partial charge in [-0.2, -0.15) is 5.10 Å². The van der Waals surface area contributed by atoms with Gasteiger partial charge in [0.2, 0.25) is 0 Å². The van der Waals surface area contributed by atoms with E-state index in [1.165, 1.54) is 6.20 Å². The zero-order valence-corrected chi connectivity index (χ0v) is 11.6. The SMILES string of the molecule is CC(C)CN(CC(C)C)c1c(Cl)cn[nH]c1=O. The fourth-order valence-electron chi connectivity index (χ4n) is 1.80. The topological polar surface area (TPSA) is 49.0 Å². The van der Waals surface area contributed by atoms with Crippen LogP contribution >= 0.6 is 11.6 Å². The third kappa shape index (κ3) is 4.04. The van der Waals surface area contributed by atoms with Crippen LogP contribution in [0.3, 0.4) is 0 Å². The van der Waals surface area contributed by atoms with Crippen LogP contribution in [-0.2, 0) is 0 Å². The van der Waals surface area contributed by atoms with E-state index in [-0.39, 0.29) is 5.56 Å². The van der Waals surface area contributed by atoms with Crippen molar-refractivity contribution in [2.24, 2.45) is 11.8 Å². The van der Waals surface area contributed by atoms with E-state index in [1.54, 1.807) is 0 Å². The van der Waals surface area contributed by atoms with Crippen molar-refractivity contribution in [1.29, 1.82) is 0 Å². The van der Waals surface area contributed by atoms with Crippen LogP contribution in [0, 0.1) is 11.8 Å². The molecule has 0 unspecified atom stereocenters. The van der Waals surface area contributed by atoms with Crippen molar-refractivity contribution >= 4 is 17.3 Å². The van der Waals surface area contributed by atoms with E-state index >= 15 is 0 Å². The minimum absolute atomic E-state index is 0.223. The van der Waals surface area contributed by atoms with E-state index in [9.17, 15) is 4.79 Å². The predicted molar refractivity (Wildman–Crippen MR) is 71.8 cm³/mol. The lowest BCUT2D eigenvalue weighted by Gasteiger charge is -2.28.